The van der Waals surface area contributed by atoms with Gasteiger partial charge in [0.05, 0.1) is 52.4 Å². The Morgan fingerprint density at radius 1 is 0.953 bits per heavy atom. The smallest absolute Gasteiger partial charge is 0.329 e. The molecule has 5 aliphatic heterocycles. The van der Waals surface area contributed by atoms with Gasteiger partial charge in [0, 0.05) is 88.3 Å². The summed E-state index contributed by atoms with van der Waals surface area (Å²) in [6, 6.07) is 12.7. The second-order valence-corrected chi connectivity index (χ2v) is 19.2. The van der Waals surface area contributed by atoms with Crippen molar-refractivity contribution in [3.8, 4) is 17.6 Å². The van der Waals surface area contributed by atoms with Crippen LogP contribution in [-0.4, -0.2) is 105 Å². The molecule has 3 amide bonds. The molecule has 1 unspecified atom stereocenters. The summed E-state index contributed by atoms with van der Waals surface area (Å²) in [6.45, 7) is 5.80. The van der Waals surface area contributed by atoms with Gasteiger partial charge in [0.25, 0.3) is 5.56 Å². The number of urea groups is 1. The van der Waals surface area contributed by atoms with Gasteiger partial charge in [0.1, 0.15) is 23.2 Å². The number of nitrogens with one attached hydrogen (secondary N) is 2. The number of fused-ring (bicyclic) bond motifs is 2. The standard InChI is InChI=1S/C45H47F2N11O5S/c1-53-37-18-38(34(47)17-31(37)41(51-53)57-13-8-39(59)50-43(57)61)55-24-44(25-55)19-27(20-44)54-14-9-45(10-15-54)21-28(23-62-45)58-26-49-35-6-4-29(16-30(35)42(58)60)63-40-32(22-48)36(7-5-33(40)46)52-64-56-11-2-3-12-56/h4-7,16-18,26-28,52H,2-3,8-15,19-21,23-25H2,1H3,(H,50,59,61). The highest BCUT2D eigenvalue weighted by molar-refractivity contribution is 7.98. The lowest BCUT2D eigenvalue weighted by molar-refractivity contribution is -0.120. The molecule has 0 radical (unpaired) electrons. The van der Waals surface area contributed by atoms with Gasteiger partial charge in [-0.15, -0.1) is 0 Å². The molecule has 11 rings (SSSR count). The normalized spacial score (nSPS) is 22.3. The molecule has 7 heterocycles. The second kappa shape index (κ2) is 15.7. The SMILES string of the molecule is Cn1nc(N2CCC(=O)NC2=O)c2cc(F)c(N3CC4(CC(N5CCC6(CC5)CC(n5cnc7ccc(Oc8c(F)ccc(NSN9CCCC9)c8C#N)cc7c5=O)CO6)C4)C3)cc21. The van der Waals surface area contributed by atoms with Crippen LogP contribution in [0, 0.1) is 28.4 Å². The third-order valence-electron chi connectivity index (χ3n) is 14.3. The number of hydrogen-bond acceptors (Lipinski definition) is 13. The fraction of sp³-hybridized carbons (Fsp3) is 0.467. The van der Waals surface area contributed by atoms with Gasteiger partial charge in [0.2, 0.25) is 5.91 Å². The summed E-state index contributed by atoms with van der Waals surface area (Å²) in [4.78, 5) is 48.9. The lowest BCUT2D eigenvalue weighted by atomic mass is 9.59. The highest BCUT2D eigenvalue weighted by Gasteiger charge is 2.55. The molecular formula is C45H47F2N11O5S. The molecule has 332 valence electrons. The summed E-state index contributed by atoms with van der Waals surface area (Å²) in [6.07, 6.45) is 8.47. The van der Waals surface area contributed by atoms with Crippen LogP contribution in [0.4, 0.5) is 30.8 Å². The Kier molecular flexibility index (Phi) is 10.1. The number of carbonyl (C=O) groups is 2. The minimum atomic E-state index is -0.681. The molecule has 1 aliphatic carbocycles. The van der Waals surface area contributed by atoms with E-state index in [1.54, 1.807) is 40.8 Å². The topological polar surface area (TPSA) is 166 Å². The molecule has 3 aromatic carbocycles. The van der Waals surface area contributed by atoms with Crippen LogP contribution in [0.15, 0.2) is 53.6 Å². The first kappa shape index (κ1) is 40.9. The van der Waals surface area contributed by atoms with E-state index in [-0.39, 0.29) is 64.4 Å². The Bertz CT molecular complexity index is 2820. The van der Waals surface area contributed by atoms with Crippen molar-refractivity contribution < 1.29 is 27.8 Å². The lowest BCUT2D eigenvalue weighted by Crippen LogP contribution is -2.67. The number of imide groups is 1. The largest absolute Gasteiger partial charge is 0.453 e. The van der Waals surface area contributed by atoms with Crippen LogP contribution in [0.3, 0.4) is 0 Å². The van der Waals surface area contributed by atoms with E-state index in [0.717, 1.165) is 83.3 Å². The zero-order valence-electron chi connectivity index (χ0n) is 35.3. The molecule has 0 bridgehead atoms. The number of ether oxygens (including phenoxy) is 2. The van der Waals surface area contributed by atoms with Crippen molar-refractivity contribution in [1.29, 1.82) is 5.26 Å². The number of aromatic nitrogens is 4. The first-order valence-electron chi connectivity index (χ1n) is 22.0. The van der Waals surface area contributed by atoms with Gasteiger partial charge in [0.15, 0.2) is 17.4 Å². The Labute approximate surface area is 371 Å². The summed E-state index contributed by atoms with van der Waals surface area (Å²) in [5, 5.41) is 17.7. The van der Waals surface area contributed by atoms with Gasteiger partial charge in [-0.1, -0.05) is 0 Å². The molecule has 2 aromatic heterocycles. The maximum atomic E-state index is 15.7. The van der Waals surface area contributed by atoms with E-state index in [4.69, 9.17) is 9.47 Å². The monoisotopic (exact) mass is 891 g/mol. The molecule has 19 heteroatoms. The number of nitriles is 1. The van der Waals surface area contributed by atoms with E-state index in [0.29, 0.717) is 52.6 Å². The molecule has 6 aliphatic rings. The summed E-state index contributed by atoms with van der Waals surface area (Å²) in [7, 11) is 1.77. The van der Waals surface area contributed by atoms with Crippen LogP contribution in [0.1, 0.15) is 63.0 Å². The zero-order chi connectivity index (χ0) is 43.9. The number of benzene rings is 3. The molecule has 6 fully saturated rings. The summed E-state index contributed by atoms with van der Waals surface area (Å²) < 4.78 is 52.0. The van der Waals surface area contributed by atoms with Crippen LogP contribution < -0.4 is 30.1 Å². The summed E-state index contributed by atoms with van der Waals surface area (Å²) in [5.41, 5.74) is 1.81. The van der Waals surface area contributed by atoms with Crippen LogP contribution >= 0.6 is 12.1 Å². The predicted molar refractivity (Wildman–Crippen MR) is 236 cm³/mol. The van der Waals surface area contributed by atoms with Gasteiger partial charge in [-0.05, 0) is 87.4 Å². The predicted octanol–water partition coefficient (Wildman–Crippen LogP) is 6.21. The van der Waals surface area contributed by atoms with Gasteiger partial charge in [-0.25, -0.2) is 22.9 Å². The number of anilines is 3. The van der Waals surface area contributed by atoms with E-state index in [1.807, 2.05) is 6.07 Å². The number of piperidine rings is 1. The highest BCUT2D eigenvalue weighted by atomic mass is 32.2. The van der Waals surface area contributed by atoms with E-state index < -0.39 is 11.8 Å². The number of rotatable bonds is 9. The third-order valence-corrected chi connectivity index (χ3v) is 15.2. The van der Waals surface area contributed by atoms with Crippen LogP contribution in [0.25, 0.3) is 21.8 Å². The summed E-state index contributed by atoms with van der Waals surface area (Å²) >= 11 is 1.39. The lowest BCUT2D eigenvalue weighted by Gasteiger charge is -2.62. The van der Waals surface area contributed by atoms with Crippen LogP contribution in [0.2, 0.25) is 0 Å². The number of aryl methyl sites for hydroxylation is 1. The van der Waals surface area contributed by atoms with E-state index >= 15 is 8.78 Å². The molecule has 5 aromatic rings. The Hall–Kier alpha value is -5.81. The van der Waals surface area contributed by atoms with Crippen molar-refractivity contribution in [2.24, 2.45) is 12.5 Å². The fourth-order valence-corrected chi connectivity index (χ4v) is 11.6. The second-order valence-electron chi connectivity index (χ2n) is 18.3. The van der Waals surface area contributed by atoms with Gasteiger partial charge >= 0.3 is 6.03 Å². The first-order valence-corrected chi connectivity index (χ1v) is 22.7. The number of likely N-dealkylation sites (tertiary alicyclic amines) is 1. The van der Waals surface area contributed by atoms with Gasteiger partial charge < -0.3 is 24.0 Å². The minimum absolute atomic E-state index is 0.0395. The van der Waals surface area contributed by atoms with E-state index in [2.05, 4.69) is 40.3 Å². The van der Waals surface area contributed by atoms with Crippen LogP contribution in [-0.2, 0) is 16.6 Å². The summed E-state index contributed by atoms with van der Waals surface area (Å²) in [5.74, 6) is -1.02. The van der Waals surface area contributed by atoms with Crippen LogP contribution in [0.5, 0.6) is 11.5 Å². The van der Waals surface area contributed by atoms with Crippen molar-refractivity contribution in [2.75, 3.05) is 66.9 Å². The quantitative estimate of drug-likeness (QED) is 0.161. The highest BCUT2D eigenvalue weighted by Crippen LogP contribution is 2.53. The molecular weight excluding hydrogens is 845 g/mol. The number of halogens is 2. The zero-order valence-corrected chi connectivity index (χ0v) is 36.1. The molecule has 2 N–H and O–H groups in total. The van der Waals surface area contributed by atoms with E-state index in [1.165, 1.54) is 35.2 Å². The minimum Gasteiger partial charge on any atom is -0.453 e. The van der Waals surface area contributed by atoms with Crippen molar-refractivity contribution in [1.82, 2.24) is 33.9 Å². The first-order chi connectivity index (χ1) is 31.0. The number of nitrogens with zero attached hydrogens (tertiary/aromatic N) is 9. The molecule has 5 saturated heterocycles. The van der Waals surface area contributed by atoms with Crippen molar-refractivity contribution in [3.05, 3.63) is 76.3 Å². The Balaban J connectivity index is 0.704. The average Bonchev–Trinajstić information content (AvgIpc) is 4.01. The number of amides is 3. The maximum absolute atomic E-state index is 15.7. The van der Waals surface area contributed by atoms with Crippen molar-refractivity contribution in [3.63, 3.8) is 0 Å². The number of carbonyl (C=O) groups excluding carboxylic acids is 2. The average molecular weight is 892 g/mol. The van der Waals surface area contributed by atoms with E-state index in [9.17, 15) is 19.6 Å². The number of hydrogen-bond donors (Lipinski definition) is 2. The Morgan fingerprint density at radius 3 is 2.52 bits per heavy atom. The van der Waals surface area contributed by atoms with Crippen molar-refractivity contribution >= 4 is 63.1 Å². The maximum Gasteiger partial charge on any atom is 0.329 e. The Morgan fingerprint density at radius 2 is 1.75 bits per heavy atom. The molecule has 2 spiro atoms. The molecule has 64 heavy (non-hydrogen) atoms. The van der Waals surface area contributed by atoms with Gasteiger partial charge in [-0.3, -0.25) is 29.1 Å². The fourth-order valence-electron chi connectivity index (χ4n) is 10.8. The molecule has 16 nitrogen and oxygen atoms in total. The molecule has 1 atom stereocenters. The van der Waals surface area contributed by atoms with Gasteiger partial charge in [-0.2, -0.15) is 10.4 Å². The third kappa shape index (κ3) is 7.11. The van der Waals surface area contributed by atoms with Crippen molar-refractivity contribution in [2.45, 2.75) is 69.1 Å². The molecule has 1 saturated carbocycles.